The highest BCUT2D eigenvalue weighted by Crippen LogP contribution is 2.36. The van der Waals surface area contributed by atoms with Gasteiger partial charge < -0.3 is 5.11 Å². The largest absolute Gasteiger partial charge is 0.476 e. The van der Waals surface area contributed by atoms with Gasteiger partial charge in [-0.05, 0) is 5.56 Å². The molecule has 0 radical (unpaired) electrons. The van der Waals surface area contributed by atoms with E-state index in [0.29, 0.717) is 5.56 Å². The molecule has 1 aliphatic carbocycles. The number of nitrogens with zero attached hydrogens (tertiary/aromatic N) is 1. The standard InChI is InChI=1S/C13H11NO4/c15-12(16)13(14(17)18)9-5-4-8-11(13)10-6-2-1-3-7-10/h1-8H,9H2,(H,15,16). The van der Waals surface area contributed by atoms with E-state index in [-0.39, 0.29) is 12.0 Å². The lowest BCUT2D eigenvalue weighted by molar-refractivity contribution is -0.536. The van der Waals surface area contributed by atoms with Crippen LogP contribution in [-0.2, 0) is 4.79 Å². The molecule has 1 aromatic rings. The minimum atomic E-state index is -2.09. The number of hydrogen-bond acceptors (Lipinski definition) is 3. The number of benzene rings is 1. The van der Waals surface area contributed by atoms with Gasteiger partial charge in [-0.25, -0.2) is 4.79 Å². The molecule has 92 valence electrons. The van der Waals surface area contributed by atoms with E-state index in [0.717, 1.165) is 0 Å². The Bertz CT molecular complexity index is 531. The van der Waals surface area contributed by atoms with Crippen molar-refractivity contribution in [3.63, 3.8) is 0 Å². The highest BCUT2D eigenvalue weighted by atomic mass is 16.6. The zero-order valence-electron chi connectivity index (χ0n) is 9.45. The summed E-state index contributed by atoms with van der Waals surface area (Å²) in [5, 5.41) is 20.5. The van der Waals surface area contributed by atoms with Crippen LogP contribution in [0, 0.1) is 10.1 Å². The molecule has 5 nitrogen and oxygen atoms in total. The molecule has 5 heteroatoms. The first-order chi connectivity index (χ1) is 8.59. The molecule has 18 heavy (non-hydrogen) atoms. The minimum Gasteiger partial charge on any atom is -0.476 e. The number of rotatable bonds is 3. The Morgan fingerprint density at radius 1 is 1.33 bits per heavy atom. The van der Waals surface area contributed by atoms with Gasteiger partial charge in [-0.3, -0.25) is 10.1 Å². The number of hydrogen-bond donors (Lipinski definition) is 1. The van der Waals surface area contributed by atoms with Gasteiger partial charge in [0.2, 0.25) is 0 Å². The maximum absolute atomic E-state index is 11.4. The van der Waals surface area contributed by atoms with Crippen molar-refractivity contribution in [1.29, 1.82) is 0 Å². The van der Waals surface area contributed by atoms with Crippen LogP contribution in [0.1, 0.15) is 12.0 Å². The van der Waals surface area contributed by atoms with Gasteiger partial charge in [-0.1, -0.05) is 48.6 Å². The van der Waals surface area contributed by atoms with E-state index in [4.69, 9.17) is 0 Å². The van der Waals surface area contributed by atoms with Crippen LogP contribution in [0.15, 0.2) is 48.6 Å². The lowest BCUT2D eigenvalue weighted by atomic mass is 9.80. The van der Waals surface area contributed by atoms with Crippen LogP contribution in [0.4, 0.5) is 0 Å². The molecule has 1 unspecified atom stereocenters. The lowest BCUT2D eigenvalue weighted by Crippen LogP contribution is -2.47. The zero-order chi connectivity index (χ0) is 13.2. The minimum absolute atomic E-state index is 0.143. The summed E-state index contributed by atoms with van der Waals surface area (Å²) in [6.07, 6.45) is 4.50. The second-order valence-electron chi connectivity index (χ2n) is 4.00. The van der Waals surface area contributed by atoms with Crippen molar-refractivity contribution in [1.82, 2.24) is 0 Å². The Hall–Kier alpha value is -2.43. The van der Waals surface area contributed by atoms with E-state index in [1.807, 2.05) is 0 Å². The molecular weight excluding hydrogens is 234 g/mol. The number of nitro groups is 1. The average molecular weight is 245 g/mol. The fourth-order valence-electron chi connectivity index (χ4n) is 2.06. The van der Waals surface area contributed by atoms with Gasteiger partial charge in [0.1, 0.15) is 0 Å². The normalized spacial score (nSPS) is 22.3. The van der Waals surface area contributed by atoms with Crippen molar-refractivity contribution in [2.75, 3.05) is 0 Å². The summed E-state index contributed by atoms with van der Waals surface area (Å²) in [5.74, 6) is -1.44. The van der Waals surface area contributed by atoms with Crippen molar-refractivity contribution in [2.45, 2.75) is 12.0 Å². The van der Waals surface area contributed by atoms with Crippen LogP contribution in [0.2, 0.25) is 0 Å². The summed E-state index contributed by atoms with van der Waals surface area (Å²) in [4.78, 5) is 21.9. The van der Waals surface area contributed by atoms with Crippen LogP contribution >= 0.6 is 0 Å². The van der Waals surface area contributed by atoms with Crippen molar-refractivity contribution >= 4 is 11.5 Å². The molecule has 0 bridgehead atoms. The van der Waals surface area contributed by atoms with Crippen LogP contribution in [0.25, 0.3) is 5.57 Å². The highest BCUT2D eigenvalue weighted by Gasteiger charge is 2.55. The number of carboxylic acids is 1. The molecule has 0 aliphatic heterocycles. The van der Waals surface area contributed by atoms with E-state index in [9.17, 15) is 20.0 Å². The molecule has 0 saturated heterocycles. The smallest absolute Gasteiger partial charge is 0.387 e. The molecule has 1 aromatic carbocycles. The number of carboxylic acid groups (broad SMARTS) is 1. The molecule has 1 N–H and O–H groups in total. The summed E-state index contributed by atoms with van der Waals surface area (Å²) >= 11 is 0. The van der Waals surface area contributed by atoms with Crippen LogP contribution < -0.4 is 0 Å². The van der Waals surface area contributed by atoms with Crippen LogP contribution in [0.3, 0.4) is 0 Å². The molecule has 0 heterocycles. The highest BCUT2D eigenvalue weighted by molar-refractivity contribution is 5.96. The number of allylic oxidation sites excluding steroid dienone is 2. The molecule has 0 fully saturated rings. The average Bonchev–Trinajstić information content (AvgIpc) is 2.39. The van der Waals surface area contributed by atoms with Gasteiger partial charge in [0, 0.05) is 10.5 Å². The maximum Gasteiger partial charge on any atom is 0.387 e. The molecule has 0 spiro atoms. The Kier molecular flexibility index (Phi) is 2.97. The van der Waals surface area contributed by atoms with Crippen molar-refractivity contribution < 1.29 is 14.8 Å². The zero-order valence-corrected chi connectivity index (χ0v) is 9.45. The Labute approximate surface area is 103 Å². The quantitative estimate of drug-likeness (QED) is 0.653. The fraction of sp³-hybridized carbons (Fsp3) is 0.154. The van der Waals surface area contributed by atoms with Crippen molar-refractivity contribution in [3.05, 3.63) is 64.2 Å². The molecule has 0 aromatic heterocycles. The predicted octanol–water partition coefficient (Wildman–Crippen LogP) is 2.13. The van der Waals surface area contributed by atoms with Crippen molar-refractivity contribution in [2.24, 2.45) is 0 Å². The first kappa shape index (κ1) is 12.0. The maximum atomic E-state index is 11.4. The summed E-state index contributed by atoms with van der Waals surface area (Å²) in [6, 6.07) is 8.57. The summed E-state index contributed by atoms with van der Waals surface area (Å²) in [7, 11) is 0. The van der Waals surface area contributed by atoms with Crippen molar-refractivity contribution in [3.8, 4) is 0 Å². The number of carbonyl (C=O) groups is 1. The SMILES string of the molecule is O=C(O)C1([N+](=O)[O-])CC=CC=C1c1ccccc1. The topological polar surface area (TPSA) is 80.4 Å². The lowest BCUT2D eigenvalue weighted by Gasteiger charge is -2.24. The first-order valence-electron chi connectivity index (χ1n) is 5.39. The molecule has 0 amide bonds. The van der Waals surface area contributed by atoms with Gasteiger partial charge in [0.25, 0.3) is 0 Å². The van der Waals surface area contributed by atoms with E-state index in [1.54, 1.807) is 36.4 Å². The van der Waals surface area contributed by atoms with E-state index in [2.05, 4.69) is 0 Å². The first-order valence-corrected chi connectivity index (χ1v) is 5.39. The van der Waals surface area contributed by atoms with Crippen LogP contribution in [0.5, 0.6) is 0 Å². The van der Waals surface area contributed by atoms with Gasteiger partial charge in [-0.15, -0.1) is 0 Å². The molecule has 2 rings (SSSR count). The molecule has 1 aliphatic rings. The second-order valence-corrected chi connectivity index (χ2v) is 4.00. The number of aliphatic carboxylic acids is 1. The Morgan fingerprint density at radius 3 is 2.56 bits per heavy atom. The summed E-state index contributed by atoms with van der Waals surface area (Å²) in [6.45, 7) is 0. The fourth-order valence-corrected chi connectivity index (χ4v) is 2.06. The molecular formula is C13H11NO4. The van der Waals surface area contributed by atoms with E-state index < -0.39 is 16.4 Å². The van der Waals surface area contributed by atoms with Gasteiger partial charge >= 0.3 is 11.5 Å². The van der Waals surface area contributed by atoms with E-state index in [1.165, 1.54) is 12.2 Å². The van der Waals surface area contributed by atoms with Gasteiger partial charge in [0.15, 0.2) is 0 Å². The summed E-state index contributed by atoms with van der Waals surface area (Å²) in [5.41, 5.74) is -1.32. The molecule has 1 atom stereocenters. The van der Waals surface area contributed by atoms with Crippen LogP contribution in [-0.4, -0.2) is 21.5 Å². The second kappa shape index (κ2) is 4.44. The Balaban J connectivity index is 2.61. The van der Waals surface area contributed by atoms with Gasteiger partial charge in [-0.2, -0.15) is 0 Å². The monoisotopic (exact) mass is 245 g/mol. The Morgan fingerprint density at radius 2 is 2.00 bits per heavy atom. The third-order valence-electron chi connectivity index (χ3n) is 3.01. The third kappa shape index (κ3) is 1.69. The van der Waals surface area contributed by atoms with Gasteiger partial charge in [0.05, 0.1) is 6.42 Å². The molecule has 0 saturated carbocycles. The van der Waals surface area contributed by atoms with E-state index >= 15 is 0 Å². The third-order valence-corrected chi connectivity index (χ3v) is 3.01. The summed E-state index contributed by atoms with van der Waals surface area (Å²) < 4.78 is 0. The predicted molar refractivity (Wildman–Crippen MR) is 65.5 cm³/mol.